The highest BCUT2D eigenvalue weighted by atomic mass is 32.2. The summed E-state index contributed by atoms with van der Waals surface area (Å²) in [5, 5.41) is 0. The number of carbonyl (C=O) groups is 1. The molecule has 27 heavy (non-hydrogen) atoms. The summed E-state index contributed by atoms with van der Waals surface area (Å²) in [7, 11) is -3.95. The van der Waals surface area contributed by atoms with Gasteiger partial charge in [0.25, 0.3) is 0 Å². The van der Waals surface area contributed by atoms with E-state index in [0.717, 1.165) is 38.1 Å². The number of carbonyl (C=O) groups excluding carboxylic acids is 1. The van der Waals surface area contributed by atoms with Crippen molar-refractivity contribution in [2.45, 2.75) is 36.9 Å². The number of hydrogen-bond acceptors (Lipinski definition) is 4. The Kier molecular flexibility index (Phi) is 5.66. The number of likely N-dealkylation sites (tertiary alicyclic amines) is 1. The molecule has 0 radical (unpaired) electrons. The highest BCUT2D eigenvalue weighted by Crippen LogP contribution is 2.29. The van der Waals surface area contributed by atoms with Gasteiger partial charge < -0.3 is 9.64 Å². The van der Waals surface area contributed by atoms with Gasteiger partial charge in [-0.2, -0.15) is 4.31 Å². The van der Waals surface area contributed by atoms with E-state index < -0.39 is 22.1 Å². The van der Waals surface area contributed by atoms with E-state index in [0.29, 0.717) is 12.8 Å². The second kappa shape index (κ2) is 7.67. The van der Waals surface area contributed by atoms with Gasteiger partial charge in [-0.25, -0.2) is 8.42 Å². The van der Waals surface area contributed by atoms with Crippen molar-refractivity contribution in [2.24, 2.45) is 5.92 Å². The standard InChI is InChI=1S/C17H21F3N2O4S/c18-17(19,20)26-14-4-3-5-15(12-14)27(24,25)22-10-6-13(7-11-22)16(23)21-8-1-2-9-21/h3-5,12-13H,1-2,6-11H2. The van der Waals surface area contributed by atoms with Crippen LogP contribution in [0.15, 0.2) is 29.2 Å². The minimum Gasteiger partial charge on any atom is -0.406 e. The maximum atomic E-state index is 12.7. The fourth-order valence-electron chi connectivity index (χ4n) is 3.52. The third-order valence-electron chi connectivity index (χ3n) is 4.90. The lowest BCUT2D eigenvalue weighted by molar-refractivity contribution is -0.274. The molecule has 10 heteroatoms. The maximum absolute atomic E-state index is 12.7. The van der Waals surface area contributed by atoms with Gasteiger partial charge in [0.2, 0.25) is 15.9 Å². The van der Waals surface area contributed by atoms with Crippen molar-refractivity contribution in [1.82, 2.24) is 9.21 Å². The number of halogens is 3. The zero-order valence-electron chi connectivity index (χ0n) is 14.6. The highest BCUT2D eigenvalue weighted by molar-refractivity contribution is 7.89. The molecular weight excluding hydrogens is 385 g/mol. The molecule has 1 aromatic rings. The summed E-state index contributed by atoms with van der Waals surface area (Å²) < 4.78 is 67.5. The lowest BCUT2D eigenvalue weighted by atomic mass is 9.97. The number of alkyl halides is 3. The lowest BCUT2D eigenvalue weighted by Gasteiger charge is -2.32. The molecular formula is C17H21F3N2O4S. The van der Waals surface area contributed by atoms with Gasteiger partial charge in [0.15, 0.2) is 0 Å². The second-order valence-corrected chi connectivity index (χ2v) is 8.67. The van der Waals surface area contributed by atoms with E-state index in [4.69, 9.17) is 0 Å². The molecule has 2 aliphatic heterocycles. The van der Waals surface area contributed by atoms with Crippen LogP contribution < -0.4 is 4.74 Å². The van der Waals surface area contributed by atoms with Crippen LogP contribution in [-0.2, 0) is 14.8 Å². The van der Waals surface area contributed by atoms with Gasteiger partial charge >= 0.3 is 6.36 Å². The quantitative estimate of drug-likeness (QED) is 0.771. The minimum atomic E-state index is -4.89. The van der Waals surface area contributed by atoms with E-state index in [1.807, 2.05) is 4.90 Å². The zero-order valence-corrected chi connectivity index (χ0v) is 15.4. The first-order valence-corrected chi connectivity index (χ1v) is 10.3. The van der Waals surface area contributed by atoms with Crippen molar-refractivity contribution >= 4 is 15.9 Å². The van der Waals surface area contributed by atoms with E-state index in [2.05, 4.69) is 4.74 Å². The number of piperidine rings is 1. The smallest absolute Gasteiger partial charge is 0.406 e. The first-order chi connectivity index (χ1) is 12.7. The number of rotatable bonds is 4. The molecule has 0 N–H and O–H groups in total. The van der Waals surface area contributed by atoms with Gasteiger partial charge in [-0.3, -0.25) is 4.79 Å². The molecule has 6 nitrogen and oxygen atoms in total. The third kappa shape index (κ3) is 4.73. The number of sulfonamides is 1. The lowest BCUT2D eigenvalue weighted by Crippen LogP contribution is -2.43. The Balaban J connectivity index is 1.66. The van der Waals surface area contributed by atoms with Crippen molar-refractivity contribution in [3.05, 3.63) is 24.3 Å². The first kappa shape index (κ1) is 19.9. The number of benzene rings is 1. The molecule has 0 saturated carbocycles. The Labute approximate surface area is 155 Å². The normalized spacial score (nSPS) is 20.0. The van der Waals surface area contributed by atoms with Crippen molar-refractivity contribution < 1.29 is 31.1 Å². The predicted molar refractivity (Wildman–Crippen MR) is 90.4 cm³/mol. The van der Waals surface area contributed by atoms with Crippen LogP contribution in [-0.4, -0.2) is 56.1 Å². The van der Waals surface area contributed by atoms with Gasteiger partial charge in [0.05, 0.1) is 4.90 Å². The Morgan fingerprint density at radius 3 is 2.30 bits per heavy atom. The van der Waals surface area contributed by atoms with E-state index in [1.165, 1.54) is 16.4 Å². The van der Waals surface area contributed by atoms with Gasteiger partial charge in [0.1, 0.15) is 5.75 Å². The molecule has 1 amide bonds. The van der Waals surface area contributed by atoms with Gasteiger partial charge in [-0.1, -0.05) is 6.07 Å². The summed E-state index contributed by atoms with van der Waals surface area (Å²) in [5.74, 6) is -0.706. The largest absolute Gasteiger partial charge is 0.573 e. The molecule has 2 heterocycles. The van der Waals surface area contributed by atoms with E-state index in [9.17, 15) is 26.4 Å². The number of ether oxygens (including phenoxy) is 1. The second-order valence-electron chi connectivity index (χ2n) is 6.73. The Morgan fingerprint density at radius 1 is 1.07 bits per heavy atom. The van der Waals surface area contributed by atoms with Crippen LogP contribution in [0.3, 0.4) is 0 Å². The number of nitrogens with zero attached hydrogens (tertiary/aromatic N) is 2. The fourth-order valence-corrected chi connectivity index (χ4v) is 5.02. The summed E-state index contributed by atoms with van der Waals surface area (Å²) in [5.41, 5.74) is 0. The van der Waals surface area contributed by atoms with Crippen molar-refractivity contribution in [3.63, 3.8) is 0 Å². The predicted octanol–water partition coefficient (Wildman–Crippen LogP) is 2.61. The van der Waals surface area contributed by atoms with Crippen molar-refractivity contribution in [3.8, 4) is 5.75 Å². The van der Waals surface area contributed by atoms with Crippen molar-refractivity contribution in [2.75, 3.05) is 26.2 Å². The van der Waals surface area contributed by atoms with Crippen LogP contribution in [0.25, 0.3) is 0 Å². The first-order valence-electron chi connectivity index (χ1n) is 8.81. The molecule has 2 fully saturated rings. The molecule has 150 valence electrons. The monoisotopic (exact) mass is 406 g/mol. The molecule has 2 saturated heterocycles. The summed E-state index contributed by atoms with van der Waals surface area (Å²) >= 11 is 0. The summed E-state index contributed by atoms with van der Waals surface area (Å²) in [6.45, 7) is 1.83. The molecule has 0 aliphatic carbocycles. The Hall–Kier alpha value is -1.81. The molecule has 1 aromatic carbocycles. The summed E-state index contributed by atoms with van der Waals surface area (Å²) in [6, 6.07) is 4.36. The Bertz CT molecular complexity index is 784. The molecule has 0 spiro atoms. The molecule has 0 bridgehead atoms. The van der Waals surface area contributed by atoms with Crippen LogP contribution in [0.2, 0.25) is 0 Å². The third-order valence-corrected chi connectivity index (χ3v) is 6.79. The fraction of sp³-hybridized carbons (Fsp3) is 0.588. The molecule has 3 rings (SSSR count). The van der Waals surface area contributed by atoms with Crippen LogP contribution in [0, 0.1) is 5.92 Å². The summed E-state index contributed by atoms with van der Waals surface area (Å²) in [6.07, 6.45) is -2.08. The topological polar surface area (TPSA) is 66.9 Å². The average molecular weight is 406 g/mol. The maximum Gasteiger partial charge on any atom is 0.573 e. The highest BCUT2D eigenvalue weighted by Gasteiger charge is 2.35. The van der Waals surface area contributed by atoms with Crippen molar-refractivity contribution in [1.29, 1.82) is 0 Å². The van der Waals surface area contributed by atoms with Gasteiger partial charge in [-0.15, -0.1) is 13.2 Å². The SMILES string of the molecule is O=C(C1CCN(S(=O)(=O)c2cccc(OC(F)(F)F)c2)CC1)N1CCCC1. The molecule has 0 atom stereocenters. The molecule has 2 aliphatic rings. The van der Waals surface area contributed by atoms with E-state index in [1.54, 1.807) is 0 Å². The summed E-state index contributed by atoms with van der Waals surface area (Å²) in [4.78, 5) is 14.0. The number of hydrogen-bond donors (Lipinski definition) is 0. The van der Waals surface area contributed by atoms with E-state index in [-0.39, 0.29) is 29.8 Å². The number of amides is 1. The van der Waals surface area contributed by atoms with Crippen LogP contribution in [0.4, 0.5) is 13.2 Å². The van der Waals surface area contributed by atoms with Crippen LogP contribution in [0.1, 0.15) is 25.7 Å². The van der Waals surface area contributed by atoms with Crippen LogP contribution in [0.5, 0.6) is 5.75 Å². The van der Waals surface area contributed by atoms with E-state index >= 15 is 0 Å². The van der Waals surface area contributed by atoms with Crippen LogP contribution >= 0.6 is 0 Å². The Morgan fingerprint density at radius 2 is 1.70 bits per heavy atom. The molecule has 0 unspecified atom stereocenters. The average Bonchev–Trinajstić information content (AvgIpc) is 3.14. The van der Waals surface area contributed by atoms with Gasteiger partial charge in [-0.05, 0) is 37.8 Å². The minimum absolute atomic E-state index is 0.0742. The van der Waals surface area contributed by atoms with Gasteiger partial charge in [0, 0.05) is 38.2 Å². The molecule has 0 aromatic heterocycles. The zero-order chi connectivity index (χ0) is 19.7.